The topological polar surface area (TPSA) is 95.9 Å². The third kappa shape index (κ3) is 41.3. The fourth-order valence-electron chi connectivity index (χ4n) is 6.59. The van der Waals surface area contributed by atoms with E-state index in [9.17, 15) is 19.8 Å². The van der Waals surface area contributed by atoms with E-state index in [0.717, 1.165) is 83.5 Å². The third-order valence-electron chi connectivity index (χ3n) is 10.2. The molecule has 0 aliphatic heterocycles. The zero-order valence-corrected chi connectivity index (χ0v) is 38.5. The van der Waals surface area contributed by atoms with Crippen molar-refractivity contribution in [2.45, 2.75) is 212 Å². The third-order valence-corrected chi connectivity index (χ3v) is 10.2. The first kappa shape index (κ1) is 56.5. The maximum Gasteiger partial charge on any atom is 0.306 e. The number of ether oxygens (including phenoxy) is 1. The fraction of sp³-hybridized carbons (Fsp3) is 0.630. The van der Waals surface area contributed by atoms with Crippen molar-refractivity contribution in [2.24, 2.45) is 0 Å². The molecular formula is C54H89NO5. The van der Waals surface area contributed by atoms with Crippen molar-refractivity contribution in [3.63, 3.8) is 0 Å². The highest BCUT2D eigenvalue weighted by atomic mass is 16.5. The van der Waals surface area contributed by atoms with E-state index < -0.39 is 18.2 Å². The average molecular weight is 832 g/mol. The molecule has 0 aromatic carbocycles. The van der Waals surface area contributed by atoms with E-state index in [1.54, 1.807) is 0 Å². The molecule has 0 fully saturated rings. The minimum Gasteiger partial charge on any atom is -0.462 e. The lowest BCUT2D eigenvalue weighted by Crippen LogP contribution is -2.46. The number of allylic oxidation sites excluding steroid dienone is 18. The molecule has 0 bridgehead atoms. The Morgan fingerprint density at radius 3 is 1.57 bits per heavy atom. The summed E-state index contributed by atoms with van der Waals surface area (Å²) in [6.45, 7) is 6.24. The molecule has 60 heavy (non-hydrogen) atoms. The lowest BCUT2D eigenvalue weighted by atomic mass is 10.0. The molecule has 3 unspecified atom stereocenters. The number of esters is 1. The van der Waals surface area contributed by atoms with Gasteiger partial charge in [0.05, 0.1) is 25.2 Å². The zero-order valence-electron chi connectivity index (χ0n) is 38.5. The van der Waals surface area contributed by atoms with E-state index in [1.807, 2.05) is 60.8 Å². The van der Waals surface area contributed by atoms with Gasteiger partial charge >= 0.3 is 5.97 Å². The molecule has 0 spiro atoms. The molecule has 3 atom stereocenters. The van der Waals surface area contributed by atoms with E-state index in [2.05, 4.69) is 74.7 Å². The molecule has 0 aliphatic carbocycles. The standard InChI is InChI=1S/C54H89NO5/c1-4-7-10-13-16-19-21-23-25-26-28-30-32-35-38-41-44-47-54(59)60-50(45-42-39-36-34-31-29-27-24-22-20-17-14-11-8-5-2)48-53(58)55-51(49-56)52(57)46-43-40-37-33-18-15-12-9-6-3/h8,11,14,16-17,19-20,22-25,27-31,34,36,50-52,56-57H,4-7,9-10,12-13,15,18,21,26,32-33,35,37-49H2,1-3H3,(H,55,58)/b11-8-,17-14+,19-16-,22-20+,25-23-,27-24-,30-28-,31-29+,36-34+. The van der Waals surface area contributed by atoms with Crippen LogP contribution in [0.2, 0.25) is 0 Å². The van der Waals surface area contributed by atoms with Gasteiger partial charge in [-0.05, 0) is 77.0 Å². The highest BCUT2D eigenvalue weighted by molar-refractivity contribution is 5.77. The highest BCUT2D eigenvalue weighted by Gasteiger charge is 2.24. The van der Waals surface area contributed by atoms with Crippen molar-refractivity contribution in [2.75, 3.05) is 6.61 Å². The molecule has 0 aromatic rings. The van der Waals surface area contributed by atoms with E-state index >= 15 is 0 Å². The lowest BCUT2D eigenvalue weighted by molar-refractivity contribution is -0.151. The van der Waals surface area contributed by atoms with Crippen LogP contribution in [0.1, 0.15) is 194 Å². The molecule has 6 nitrogen and oxygen atoms in total. The van der Waals surface area contributed by atoms with E-state index in [4.69, 9.17) is 4.74 Å². The number of amides is 1. The Hall–Kier alpha value is -3.48. The fourth-order valence-corrected chi connectivity index (χ4v) is 6.59. The molecule has 0 saturated carbocycles. The van der Waals surface area contributed by atoms with Gasteiger partial charge in [-0.25, -0.2) is 0 Å². The second kappa shape index (κ2) is 46.6. The van der Waals surface area contributed by atoms with Gasteiger partial charge in [0.2, 0.25) is 5.91 Å². The minimum absolute atomic E-state index is 0.0102. The molecule has 0 radical (unpaired) electrons. The van der Waals surface area contributed by atoms with Crippen LogP contribution in [0.15, 0.2) is 109 Å². The molecular weight excluding hydrogens is 743 g/mol. The SMILES string of the molecule is CC\C=C/C=C/C=C/C=C\C=C\C=C\CCCC(CC(=O)NC(CO)C(O)CCCCCCCCCCC)OC(=O)CCCCCC/C=C\C/C=C\C/C=C\CCCCC. The van der Waals surface area contributed by atoms with Gasteiger partial charge in [0.25, 0.3) is 0 Å². The van der Waals surface area contributed by atoms with Crippen LogP contribution < -0.4 is 5.32 Å². The summed E-state index contributed by atoms with van der Waals surface area (Å²) in [7, 11) is 0. The van der Waals surface area contributed by atoms with Crippen LogP contribution in [-0.4, -0.2) is 46.9 Å². The van der Waals surface area contributed by atoms with E-state index in [0.29, 0.717) is 19.3 Å². The Kier molecular flexibility index (Phi) is 43.9. The van der Waals surface area contributed by atoms with Gasteiger partial charge in [-0.15, -0.1) is 0 Å². The van der Waals surface area contributed by atoms with Gasteiger partial charge in [0.15, 0.2) is 0 Å². The Balaban J connectivity index is 4.80. The minimum atomic E-state index is -0.817. The Bertz CT molecular complexity index is 1250. The van der Waals surface area contributed by atoms with Gasteiger partial charge in [-0.1, -0.05) is 214 Å². The van der Waals surface area contributed by atoms with Gasteiger partial charge in [0.1, 0.15) is 6.10 Å². The number of hydrogen-bond acceptors (Lipinski definition) is 5. The van der Waals surface area contributed by atoms with Crippen LogP contribution in [0.25, 0.3) is 0 Å². The van der Waals surface area contributed by atoms with Gasteiger partial charge in [-0.3, -0.25) is 9.59 Å². The van der Waals surface area contributed by atoms with Gasteiger partial charge in [-0.2, -0.15) is 0 Å². The van der Waals surface area contributed by atoms with Crippen LogP contribution >= 0.6 is 0 Å². The summed E-state index contributed by atoms with van der Waals surface area (Å²) < 4.78 is 5.87. The summed E-state index contributed by atoms with van der Waals surface area (Å²) in [4.78, 5) is 26.0. The van der Waals surface area contributed by atoms with Crippen LogP contribution in [0.5, 0.6) is 0 Å². The Morgan fingerprint density at radius 2 is 0.983 bits per heavy atom. The number of aliphatic hydroxyl groups excluding tert-OH is 2. The lowest BCUT2D eigenvalue weighted by Gasteiger charge is -2.24. The molecule has 6 heteroatoms. The number of carbonyl (C=O) groups excluding carboxylic acids is 2. The largest absolute Gasteiger partial charge is 0.462 e. The average Bonchev–Trinajstić information content (AvgIpc) is 3.24. The number of hydrogen-bond donors (Lipinski definition) is 3. The summed E-state index contributed by atoms with van der Waals surface area (Å²) in [5.41, 5.74) is 0. The summed E-state index contributed by atoms with van der Waals surface area (Å²) >= 11 is 0. The molecule has 0 aliphatic rings. The van der Waals surface area contributed by atoms with Crippen LogP contribution in [-0.2, 0) is 14.3 Å². The number of unbranched alkanes of at least 4 members (excludes halogenated alkanes) is 16. The smallest absolute Gasteiger partial charge is 0.306 e. The monoisotopic (exact) mass is 832 g/mol. The van der Waals surface area contributed by atoms with Gasteiger partial charge in [0, 0.05) is 6.42 Å². The number of aliphatic hydroxyl groups is 2. The maximum absolute atomic E-state index is 13.1. The van der Waals surface area contributed by atoms with Crippen molar-refractivity contribution in [1.29, 1.82) is 0 Å². The van der Waals surface area contributed by atoms with Crippen molar-refractivity contribution in [3.8, 4) is 0 Å². The molecule has 0 rings (SSSR count). The molecule has 3 N–H and O–H groups in total. The Labute approximate surface area is 368 Å². The Morgan fingerprint density at radius 1 is 0.517 bits per heavy atom. The zero-order chi connectivity index (χ0) is 43.8. The van der Waals surface area contributed by atoms with Crippen LogP contribution in [0.4, 0.5) is 0 Å². The number of rotatable bonds is 41. The number of carbonyl (C=O) groups is 2. The molecule has 0 aromatic heterocycles. The summed E-state index contributed by atoms with van der Waals surface area (Å²) in [6, 6.07) is -0.736. The molecule has 0 saturated heterocycles. The van der Waals surface area contributed by atoms with Crippen molar-refractivity contribution >= 4 is 11.9 Å². The summed E-state index contributed by atoms with van der Waals surface area (Å²) in [6.07, 6.45) is 62.9. The first-order valence-electron chi connectivity index (χ1n) is 24.2. The normalized spacial score (nSPS) is 14.3. The summed E-state index contributed by atoms with van der Waals surface area (Å²) in [5.74, 6) is -0.588. The van der Waals surface area contributed by atoms with Crippen LogP contribution in [0, 0.1) is 0 Å². The van der Waals surface area contributed by atoms with Crippen molar-refractivity contribution in [3.05, 3.63) is 109 Å². The maximum atomic E-state index is 13.1. The molecule has 0 heterocycles. The molecule has 1 amide bonds. The van der Waals surface area contributed by atoms with Gasteiger partial charge < -0.3 is 20.3 Å². The second-order valence-electron chi connectivity index (χ2n) is 15.9. The van der Waals surface area contributed by atoms with E-state index in [1.165, 1.54) is 64.2 Å². The van der Waals surface area contributed by atoms with Crippen molar-refractivity contribution < 1.29 is 24.5 Å². The quantitative estimate of drug-likeness (QED) is 0.0247. The first-order valence-corrected chi connectivity index (χ1v) is 24.2. The summed E-state index contributed by atoms with van der Waals surface area (Å²) in [5, 5.41) is 23.6. The van der Waals surface area contributed by atoms with E-state index in [-0.39, 0.29) is 24.9 Å². The molecule has 340 valence electrons. The predicted octanol–water partition coefficient (Wildman–Crippen LogP) is 14.3. The van der Waals surface area contributed by atoms with Crippen LogP contribution in [0.3, 0.4) is 0 Å². The predicted molar refractivity (Wildman–Crippen MR) is 259 cm³/mol. The highest BCUT2D eigenvalue weighted by Crippen LogP contribution is 2.16. The second-order valence-corrected chi connectivity index (χ2v) is 15.9. The first-order chi connectivity index (χ1) is 29.5. The number of nitrogens with one attached hydrogen (secondary N) is 1. The van der Waals surface area contributed by atoms with Crippen molar-refractivity contribution in [1.82, 2.24) is 5.32 Å².